The summed E-state index contributed by atoms with van der Waals surface area (Å²) in [6, 6.07) is 0. The third kappa shape index (κ3) is 2.78. The minimum atomic E-state index is -1.78. The fourth-order valence-corrected chi connectivity index (χ4v) is 1.85. The molecule has 3 heteroatoms. The third-order valence-corrected chi connectivity index (χ3v) is 3.09. The van der Waals surface area contributed by atoms with Crippen LogP contribution in [-0.4, -0.2) is 8.76 Å². The smallest absolute Gasteiger partial charge is 0.182 e. The summed E-state index contributed by atoms with van der Waals surface area (Å²) in [7, 11) is 0. The van der Waals surface area contributed by atoms with Crippen LogP contribution in [-0.2, 0) is 11.1 Å². The van der Waals surface area contributed by atoms with Gasteiger partial charge in [-0.15, -0.1) is 0 Å². The van der Waals surface area contributed by atoms with E-state index >= 15 is 0 Å². The predicted molar refractivity (Wildman–Crippen MR) is 55.6 cm³/mol. The second-order valence-corrected chi connectivity index (χ2v) is 5.35. The third-order valence-electron chi connectivity index (χ3n) is 2.30. The molecule has 0 amide bonds. The van der Waals surface area contributed by atoms with Crippen LogP contribution in [0.15, 0.2) is 22.6 Å². The Morgan fingerprint density at radius 1 is 1.31 bits per heavy atom. The molecular weight excluding hydrogens is 184 g/mol. The van der Waals surface area contributed by atoms with Gasteiger partial charge in [0.1, 0.15) is 0 Å². The molecule has 1 atom stereocenters. The maximum absolute atomic E-state index is 10.7. The molecule has 13 heavy (non-hydrogen) atoms. The van der Waals surface area contributed by atoms with E-state index in [1.165, 1.54) is 5.57 Å². The number of allylic oxidation sites excluding steroid dienone is 4. The van der Waals surface area contributed by atoms with Crippen molar-refractivity contribution in [2.75, 3.05) is 0 Å². The van der Waals surface area contributed by atoms with E-state index in [1.54, 1.807) is 6.08 Å². The molecule has 0 bridgehead atoms. The lowest BCUT2D eigenvalue weighted by Gasteiger charge is -2.25. The molecule has 0 aromatic heterocycles. The number of rotatable bonds is 1. The summed E-state index contributed by atoms with van der Waals surface area (Å²) in [5.41, 5.74) is 1.53. The van der Waals surface area contributed by atoms with Crippen molar-refractivity contribution in [1.82, 2.24) is 0 Å². The van der Waals surface area contributed by atoms with E-state index in [2.05, 4.69) is 20.8 Å². The standard InChI is InChI=1S/C10H16O2S/c1-10(2,3)8-4-6-9(7-5-8)13(11)12/h4,6H,5,7H2,1-3H3,(H,11,12). The molecule has 1 aliphatic rings. The monoisotopic (exact) mass is 200 g/mol. The van der Waals surface area contributed by atoms with Gasteiger partial charge in [-0.2, -0.15) is 0 Å². The van der Waals surface area contributed by atoms with E-state index in [9.17, 15) is 4.21 Å². The summed E-state index contributed by atoms with van der Waals surface area (Å²) < 4.78 is 19.6. The molecule has 0 radical (unpaired) electrons. The van der Waals surface area contributed by atoms with Crippen molar-refractivity contribution in [1.29, 1.82) is 0 Å². The van der Waals surface area contributed by atoms with Gasteiger partial charge in [0, 0.05) is 4.91 Å². The Bertz CT molecular complexity index is 282. The van der Waals surface area contributed by atoms with Crippen LogP contribution in [0, 0.1) is 5.41 Å². The normalized spacial score (nSPS) is 20.6. The average Bonchev–Trinajstić information content (AvgIpc) is 2.03. The molecule has 1 aliphatic carbocycles. The first kappa shape index (κ1) is 10.7. The highest BCUT2D eigenvalue weighted by Crippen LogP contribution is 2.33. The van der Waals surface area contributed by atoms with E-state index in [-0.39, 0.29) is 5.41 Å². The first-order chi connectivity index (χ1) is 5.91. The Morgan fingerprint density at radius 2 is 1.92 bits per heavy atom. The Labute approximate surface area is 82.0 Å². The molecule has 0 fully saturated rings. The molecule has 1 N–H and O–H groups in total. The predicted octanol–water partition coefficient (Wildman–Crippen LogP) is 2.86. The molecule has 0 aromatic carbocycles. The van der Waals surface area contributed by atoms with Gasteiger partial charge >= 0.3 is 0 Å². The Kier molecular flexibility index (Phi) is 3.09. The van der Waals surface area contributed by atoms with Gasteiger partial charge in [0.15, 0.2) is 11.1 Å². The van der Waals surface area contributed by atoms with E-state index in [1.807, 2.05) is 6.08 Å². The van der Waals surface area contributed by atoms with Crippen LogP contribution >= 0.6 is 0 Å². The van der Waals surface area contributed by atoms with Gasteiger partial charge in [-0.05, 0) is 24.3 Å². The lowest BCUT2D eigenvalue weighted by atomic mass is 9.82. The summed E-state index contributed by atoms with van der Waals surface area (Å²) in [5, 5.41) is 0. The fraction of sp³-hybridized carbons (Fsp3) is 0.600. The topological polar surface area (TPSA) is 37.3 Å². The van der Waals surface area contributed by atoms with Crippen molar-refractivity contribution in [2.45, 2.75) is 33.6 Å². The molecular formula is C10H16O2S. The van der Waals surface area contributed by atoms with Crippen molar-refractivity contribution >= 4 is 11.1 Å². The highest BCUT2D eigenvalue weighted by Gasteiger charge is 2.19. The molecule has 2 nitrogen and oxygen atoms in total. The van der Waals surface area contributed by atoms with Crippen LogP contribution in [0.3, 0.4) is 0 Å². The number of hydrogen-bond acceptors (Lipinski definition) is 1. The summed E-state index contributed by atoms with van der Waals surface area (Å²) >= 11 is -1.78. The highest BCUT2D eigenvalue weighted by molar-refractivity contribution is 7.83. The van der Waals surface area contributed by atoms with E-state index in [4.69, 9.17) is 4.55 Å². The lowest BCUT2D eigenvalue weighted by molar-refractivity contribution is 0.479. The van der Waals surface area contributed by atoms with Crippen LogP contribution in [0.4, 0.5) is 0 Å². The second kappa shape index (κ2) is 3.76. The van der Waals surface area contributed by atoms with Crippen molar-refractivity contribution in [3.8, 4) is 0 Å². The van der Waals surface area contributed by atoms with Crippen LogP contribution < -0.4 is 0 Å². The van der Waals surface area contributed by atoms with E-state index in [0.29, 0.717) is 11.3 Å². The molecule has 74 valence electrons. The SMILES string of the molecule is CC(C)(C)C1=CC=C(S(=O)O)CC1. The average molecular weight is 200 g/mol. The van der Waals surface area contributed by atoms with Crippen molar-refractivity contribution < 1.29 is 8.76 Å². The quantitative estimate of drug-likeness (QED) is 0.661. The second-order valence-electron chi connectivity index (χ2n) is 4.32. The van der Waals surface area contributed by atoms with E-state index < -0.39 is 11.1 Å². The zero-order valence-electron chi connectivity index (χ0n) is 8.33. The summed E-state index contributed by atoms with van der Waals surface area (Å²) in [4.78, 5) is 0.632. The van der Waals surface area contributed by atoms with Crippen molar-refractivity contribution in [2.24, 2.45) is 5.41 Å². The molecule has 0 saturated heterocycles. The van der Waals surface area contributed by atoms with Gasteiger partial charge in [0.25, 0.3) is 0 Å². The lowest BCUT2D eigenvalue weighted by Crippen LogP contribution is -2.12. The first-order valence-corrected chi connectivity index (χ1v) is 5.53. The van der Waals surface area contributed by atoms with Crippen molar-refractivity contribution in [3.63, 3.8) is 0 Å². The summed E-state index contributed by atoms with van der Waals surface area (Å²) in [6.45, 7) is 6.48. The fourth-order valence-electron chi connectivity index (χ4n) is 1.39. The first-order valence-electron chi connectivity index (χ1n) is 4.42. The van der Waals surface area contributed by atoms with Crippen LogP contribution in [0.1, 0.15) is 33.6 Å². The molecule has 0 heterocycles. The molecule has 0 saturated carbocycles. The molecule has 0 aromatic rings. The van der Waals surface area contributed by atoms with Crippen LogP contribution in [0.25, 0.3) is 0 Å². The molecule has 0 spiro atoms. The van der Waals surface area contributed by atoms with Gasteiger partial charge in [0.2, 0.25) is 0 Å². The van der Waals surface area contributed by atoms with Crippen LogP contribution in [0.2, 0.25) is 0 Å². The Hall–Kier alpha value is -0.410. The Morgan fingerprint density at radius 3 is 2.23 bits per heavy atom. The minimum Gasteiger partial charge on any atom is -0.302 e. The summed E-state index contributed by atoms with van der Waals surface area (Å²) in [5.74, 6) is 0. The molecule has 1 rings (SSSR count). The highest BCUT2D eigenvalue weighted by atomic mass is 32.2. The van der Waals surface area contributed by atoms with Crippen LogP contribution in [0.5, 0.6) is 0 Å². The maximum atomic E-state index is 10.7. The van der Waals surface area contributed by atoms with Gasteiger partial charge in [-0.3, -0.25) is 0 Å². The van der Waals surface area contributed by atoms with Gasteiger partial charge in [-0.1, -0.05) is 32.4 Å². The maximum Gasteiger partial charge on any atom is 0.182 e. The number of hydrogen-bond donors (Lipinski definition) is 1. The van der Waals surface area contributed by atoms with Gasteiger partial charge < -0.3 is 4.55 Å². The zero-order valence-corrected chi connectivity index (χ0v) is 9.15. The minimum absolute atomic E-state index is 0.180. The van der Waals surface area contributed by atoms with Gasteiger partial charge in [0.05, 0.1) is 0 Å². The molecule has 1 unspecified atom stereocenters. The van der Waals surface area contributed by atoms with E-state index in [0.717, 1.165) is 6.42 Å². The van der Waals surface area contributed by atoms with Crippen molar-refractivity contribution in [3.05, 3.63) is 22.6 Å². The zero-order chi connectivity index (χ0) is 10.1. The summed E-state index contributed by atoms with van der Waals surface area (Å²) in [6.07, 6.45) is 5.38. The van der Waals surface area contributed by atoms with Gasteiger partial charge in [-0.25, -0.2) is 4.21 Å². The Balaban J connectivity index is 2.82. The molecule has 0 aliphatic heterocycles. The largest absolute Gasteiger partial charge is 0.302 e.